The number of amides is 2. The number of carbonyl (C=O) groups is 2. The first-order chi connectivity index (χ1) is 12.6. The molecule has 7 nitrogen and oxygen atoms in total. The molecular formula is C19H26ClN5O2. The third-order valence-electron chi connectivity index (χ3n) is 4.63. The van der Waals surface area contributed by atoms with Gasteiger partial charge in [-0.15, -0.1) is 12.4 Å². The Hall–Kier alpha value is -2.38. The predicted octanol–water partition coefficient (Wildman–Crippen LogP) is 2.37. The van der Waals surface area contributed by atoms with Crippen molar-refractivity contribution in [3.05, 3.63) is 47.8 Å². The Bertz CT molecular complexity index is 786. The highest BCUT2D eigenvalue weighted by Gasteiger charge is 2.21. The van der Waals surface area contributed by atoms with Gasteiger partial charge in [-0.2, -0.15) is 5.10 Å². The van der Waals surface area contributed by atoms with Crippen LogP contribution in [0.4, 0.5) is 5.69 Å². The molecule has 3 rings (SSSR count). The van der Waals surface area contributed by atoms with Crippen molar-refractivity contribution in [3.8, 4) is 0 Å². The zero-order chi connectivity index (χ0) is 18.5. The van der Waals surface area contributed by atoms with Crippen molar-refractivity contribution in [1.82, 2.24) is 20.0 Å². The predicted molar refractivity (Wildman–Crippen MR) is 107 cm³/mol. The van der Waals surface area contributed by atoms with Crippen molar-refractivity contribution in [2.45, 2.75) is 25.3 Å². The second kappa shape index (κ2) is 9.53. The topological polar surface area (TPSA) is 79.3 Å². The summed E-state index contributed by atoms with van der Waals surface area (Å²) in [5.41, 5.74) is 2.00. The maximum Gasteiger partial charge on any atom is 0.253 e. The number of aryl methyl sites for hydroxylation is 1. The summed E-state index contributed by atoms with van der Waals surface area (Å²) in [6.45, 7) is 1.61. The highest BCUT2D eigenvalue weighted by molar-refractivity contribution is 5.98. The number of piperidine rings is 1. The number of hydrogen-bond acceptors (Lipinski definition) is 4. The van der Waals surface area contributed by atoms with Crippen LogP contribution in [0.3, 0.4) is 0 Å². The molecule has 2 aromatic rings. The molecule has 0 spiro atoms. The average Bonchev–Trinajstić information content (AvgIpc) is 3.08. The molecule has 0 radical (unpaired) electrons. The molecule has 0 bridgehead atoms. The summed E-state index contributed by atoms with van der Waals surface area (Å²) in [5, 5.41) is 10.0. The zero-order valence-electron chi connectivity index (χ0n) is 15.6. The van der Waals surface area contributed by atoms with E-state index in [4.69, 9.17) is 0 Å². The number of likely N-dealkylation sites (tertiary alicyclic amines) is 1. The number of anilines is 1. The number of likely N-dealkylation sites (N-methyl/N-ethyl adjacent to an activating group) is 1. The molecule has 2 amide bonds. The van der Waals surface area contributed by atoms with E-state index in [1.165, 1.54) is 6.42 Å². The van der Waals surface area contributed by atoms with Gasteiger partial charge in [-0.1, -0.05) is 6.07 Å². The van der Waals surface area contributed by atoms with E-state index in [2.05, 4.69) is 15.7 Å². The number of rotatable bonds is 5. The van der Waals surface area contributed by atoms with Gasteiger partial charge < -0.3 is 15.5 Å². The largest absolute Gasteiger partial charge is 0.339 e. The quantitative estimate of drug-likeness (QED) is 0.820. The molecule has 2 heterocycles. The molecule has 146 valence electrons. The van der Waals surface area contributed by atoms with Crippen LogP contribution in [-0.4, -0.2) is 46.6 Å². The molecule has 1 fully saturated rings. The maximum atomic E-state index is 12.6. The van der Waals surface area contributed by atoms with Crippen LogP contribution in [0.25, 0.3) is 0 Å². The Balaban J connectivity index is 0.00000261. The third-order valence-corrected chi connectivity index (χ3v) is 4.63. The number of hydrogen-bond donors (Lipinski definition) is 2. The lowest BCUT2D eigenvalue weighted by Crippen LogP contribution is -2.35. The number of benzene rings is 1. The van der Waals surface area contributed by atoms with Gasteiger partial charge in [0.2, 0.25) is 5.91 Å². The lowest BCUT2D eigenvalue weighted by Gasteiger charge is -2.26. The van der Waals surface area contributed by atoms with Gasteiger partial charge >= 0.3 is 0 Å². The minimum absolute atomic E-state index is 0. The summed E-state index contributed by atoms with van der Waals surface area (Å²) in [7, 11) is 3.54. The van der Waals surface area contributed by atoms with E-state index in [0.717, 1.165) is 31.5 Å². The summed E-state index contributed by atoms with van der Waals surface area (Å²) < 4.78 is 1.66. The molecule has 27 heavy (non-hydrogen) atoms. The Morgan fingerprint density at radius 3 is 2.56 bits per heavy atom. The fraction of sp³-hybridized carbons (Fsp3) is 0.421. The minimum atomic E-state index is -0.509. The molecule has 1 aliphatic heterocycles. The van der Waals surface area contributed by atoms with Crippen LogP contribution in [0.1, 0.15) is 41.2 Å². The Morgan fingerprint density at radius 1 is 1.19 bits per heavy atom. The molecule has 1 aliphatic rings. The fourth-order valence-electron chi connectivity index (χ4n) is 3.26. The van der Waals surface area contributed by atoms with Gasteiger partial charge in [-0.25, -0.2) is 0 Å². The zero-order valence-corrected chi connectivity index (χ0v) is 16.5. The van der Waals surface area contributed by atoms with Crippen molar-refractivity contribution in [3.63, 3.8) is 0 Å². The van der Waals surface area contributed by atoms with Crippen LogP contribution in [0.5, 0.6) is 0 Å². The van der Waals surface area contributed by atoms with Crippen molar-refractivity contribution in [1.29, 1.82) is 0 Å². The minimum Gasteiger partial charge on any atom is -0.339 e. The first-order valence-electron chi connectivity index (χ1n) is 8.94. The van der Waals surface area contributed by atoms with Gasteiger partial charge in [0.15, 0.2) is 0 Å². The van der Waals surface area contributed by atoms with E-state index in [0.29, 0.717) is 11.3 Å². The van der Waals surface area contributed by atoms with Crippen molar-refractivity contribution < 1.29 is 9.59 Å². The van der Waals surface area contributed by atoms with Gasteiger partial charge in [0.05, 0.1) is 6.20 Å². The number of nitrogens with zero attached hydrogens (tertiary/aromatic N) is 3. The Morgan fingerprint density at radius 2 is 1.93 bits per heavy atom. The first-order valence-corrected chi connectivity index (χ1v) is 8.94. The highest BCUT2D eigenvalue weighted by atomic mass is 35.5. The van der Waals surface area contributed by atoms with Gasteiger partial charge in [-0.3, -0.25) is 14.3 Å². The lowest BCUT2D eigenvalue weighted by atomic mass is 10.1. The van der Waals surface area contributed by atoms with Gasteiger partial charge in [0.1, 0.15) is 6.04 Å². The third kappa shape index (κ3) is 5.08. The molecule has 2 N–H and O–H groups in total. The SMILES string of the molecule is CNC(C(=O)Nc1cccc(C(=O)N2CCCCC2)c1)c1cnn(C)c1.Cl. The summed E-state index contributed by atoms with van der Waals surface area (Å²) >= 11 is 0. The van der Waals surface area contributed by atoms with E-state index in [1.54, 1.807) is 48.4 Å². The monoisotopic (exact) mass is 391 g/mol. The summed E-state index contributed by atoms with van der Waals surface area (Å²) in [4.78, 5) is 27.2. The smallest absolute Gasteiger partial charge is 0.253 e. The normalized spacial score (nSPS) is 15.0. The molecule has 1 atom stereocenters. The fourth-order valence-corrected chi connectivity index (χ4v) is 3.26. The van der Waals surface area contributed by atoms with Crippen molar-refractivity contribution in [2.24, 2.45) is 7.05 Å². The van der Waals surface area contributed by atoms with Crippen LogP contribution in [-0.2, 0) is 11.8 Å². The number of nitrogens with one attached hydrogen (secondary N) is 2. The number of aromatic nitrogens is 2. The second-order valence-corrected chi connectivity index (χ2v) is 6.59. The van der Waals surface area contributed by atoms with Gasteiger partial charge in [0.25, 0.3) is 5.91 Å². The Kier molecular flexibility index (Phi) is 7.38. The van der Waals surface area contributed by atoms with Crippen LogP contribution in [0.15, 0.2) is 36.7 Å². The van der Waals surface area contributed by atoms with Crippen LogP contribution >= 0.6 is 12.4 Å². The second-order valence-electron chi connectivity index (χ2n) is 6.59. The molecule has 1 aromatic carbocycles. The molecule has 1 aromatic heterocycles. The molecule has 0 aliphatic carbocycles. The van der Waals surface area contributed by atoms with Crippen LogP contribution in [0, 0.1) is 0 Å². The molecular weight excluding hydrogens is 366 g/mol. The van der Waals surface area contributed by atoms with Gasteiger partial charge in [-0.05, 0) is 44.5 Å². The standard InChI is InChI=1S/C19H25N5O2.ClH/c1-20-17(15-12-21-23(2)13-15)18(25)22-16-8-6-7-14(11-16)19(26)24-9-4-3-5-10-24;/h6-8,11-13,17,20H,3-5,9-10H2,1-2H3,(H,22,25);1H. The van der Waals surface area contributed by atoms with Crippen molar-refractivity contribution in [2.75, 3.05) is 25.5 Å². The highest BCUT2D eigenvalue weighted by Crippen LogP contribution is 2.18. The first kappa shape index (κ1) is 20.9. The van der Waals surface area contributed by atoms with E-state index in [-0.39, 0.29) is 24.2 Å². The maximum absolute atomic E-state index is 12.6. The Labute approximate surface area is 165 Å². The molecule has 8 heteroatoms. The molecule has 1 unspecified atom stereocenters. The number of carbonyl (C=O) groups excluding carboxylic acids is 2. The molecule has 0 saturated carbocycles. The van der Waals surface area contributed by atoms with Crippen LogP contribution in [0.2, 0.25) is 0 Å². The molecule has 1 saturated heterocycles. The van der Waals surface area contributed by atoms with Crippen molar-refractivity contribution >= 4 is 29.9 Å². The summed E-state index contributed by atoms with van der Waals surface area (Å²) in [6.07, 6.45) is 6.75. The summed E-state index contributed by atoms with van der Waals surface area (Å²) in [5.74, 6) is -0.165. The summed E-state index contributed by atoms with van der Waals surface area (Å²) in [6, 6.07) is 6.62. The van der Waals surface area contributed by atoms with E-state index >= 15 is 0 Å². The average molecular weight is 392 g/mol. The van der Waals surface area contributed by atoms with Gasteiger partial charge in [0, 0.05) is 43.1 Å². The van der Waals surface area contributed by atoms with E-state index < -0.39 is 6.04 Å². The van der Waals surface area contributed by atoms with E-state index in [9.17, 15) is 9.59 Å². The van der Waals surface area contributed by atoms with E-state index in [1.807, 2.05) is 11.9 Å². The van der Waals surface area contributed by atoms with Crippen LogP contribution < -0.4 is 10.6 Å². The number of halogens is 1. The lowest BCUT2D eigenvalue weighted by molar-refractivity contribution is -0.118.